The van der Waals surface area contributed by atoms with Crippen LogP contribution in [-0.2, 0) is 22.6 Å². The Bertz CT molecular complexity index is 926. The fraction of sp³-hybridized carbons (Fsp3) is 0.211. The van der Waals surface area contributed by atoms with Crippen LogP contribution in [0.25, 0.3) is 11.5 Å². The summed E-state index contributed by atoms with van der Waals surface area (Å²) >= 11 is 6.00. The number of aromatic nitrogens is 2. The Balaban J connectivity index is 1.37. The van der Waals surface area contributed by atoms with Crippen molar-refractivity contribution in [1.29, 1.82) is 0 Å². The third-order valence-electron chi connectivity index (χ3n) is 4.09. The molecule has 0 spiro atoms. The van der Waals surface area contributed by atoms with Crippen molar-refractivity contribution >= 4 is 17.6 Å². The molecule has 26 heavy (non-hydrogen) atoms. The normalized spacial score (nSPS) is 15.8. The maximum atomic E-state index is 12.3. The highest BCUT2D eigenvalue weighted by Crippen LogP contribution is 2.30. The van der Waals surface area contributed by atoms with Gasteiger partial charge in [-0.25, -0.2) is 0 Å². The van der Waals surface area contributed by atoms with Crippen LogP contribution in [0.5, 0.6) is 5.75 Å². The molecular formula is C19H15ClN2O4. The van der Waals surface area contributed by atoms with Crippen LogP contribution < -0.4 is 4.74 Å². The first-order valence-electron chi connectivity index (χ1n) is 8.15. The highest BCUT2D eigenvalue weighted by Gasteiger charge is 2.28. The van der Waals surface area contributed by atoms with Gasteiger partial charge in [0.25, 0.3) is 5.89 Å². The van der Waals surface area contributed by atoms with Gasteiger partial charge in [0, 0.05) is 10.6 Å². The largest absolute Gasteiger partial charge is 0.492 e. The highest BCUT2D eigenvalue weighted by atomic mass is 35.5. The highest BCUT2D eigenvalue weighted by molar-refractivity contribution is 6.30. The SMILES string of the molecule is O=C(OCc1nnc(-c2ccccc2)o1)[C@H]1COc2ccc(Cl)cc2C1. The van der Waals surface area contributed by atoms with Crippen molar-refractivity contribution in [3.05, 3.63) is 65.0 Å². The topological polar surface area (TPSA) is 74.5 Å². The van der Waals surface area contributed by atoms with E-state index in [1.54, 1.807) is 12.1 Å². The van der Waals surface area contributed by atoms with Gasteiger partial charge in [0.15, 0.2) is 6.61 Å². The van der Waals surface area contributed by atoms with Crippen LogP contribution in [0.1, 0.15) is 11.5 Å². The smallest absolute Gasteiger partial charge is 0.313 e. The Hall–Kier alpha value is -2.86. The lowest BCUT2D eigenvalue weighted by Gasteiger charge is -2.23. The summed E-state index contributed by atoms with van der Waals surface area (Å²) in [7, 11) is 0. The van der Waals surface area contributed by atoms with Crippen LogP contribution >= 0.6 is 11.6 Å². The van der Waals surface area contributed by atoms with E-state index in [4.69, 9.17) is 25.5 Å². The number of carbonyl (C=O) groups is 1. The van der Waals surface area contributed by atoms with Gasteiger partial charge in [-0.05, 0) is 42.3 Å². The van der Waals surface area contributed by atoms with E-state index in [2.05, 4.69) is 10.2 Å². The first kappa shape index (κ1) is 16.6. The number of ether oxygens (including phenoxy) is 2. The number of rotatable bonds is 4. The number of nitrogens with zero attached hydrogens (tertiary/aromatic N) is 2. The number of esters is 1. The summed E-state index contributed by atoms with van der Waals surface area (Å²) < 4.78 is 16.5. The zero-order valence-electron chi connectivity index (χ0n) is 13.7. The second-order valence-electron chi connectivity index (χ2n) is 5.94. The molecule has 3 aromatic rings. The Morgan fingerprint density at radius 1 is 1.19 bits per heavy atom. The third-order valence-corrected chi connectivity index (χ3v) is 4.32. The van der Waals surface area contributed by atoms with E-state index in [9.17, 15) is 4.79 Å². The molecule has 2 heterocycles. The number of carbonyl (C=O) groups excluding carboxylic acids is 1. The molecule has 0 unspecified atom stereocenters. The van der Waals surface area contributed by atoms with Gasteiger partial charge in [-0.2, -0.15) is 0 Å². The third kappa shape index (κ3) is 3.55. The van der Waals surface area contributed by atoms with E-state index in [1.807, 2.05) is 36.4 Å². The van der Waals surface area contributed by atoms with Crippen molar-refractivity contribution in [2.24, 2.45) is 5.92 Å². The summed E-state index contributed by atoms with van der Waals surface area (Å²) in [5.41, 5.74) is 1.71. The zero-order chi connectivity index (χ0) is 17.9. The second-order valence-corrected chi connectivity index (χ2v) is 6.38. The van der Waals surface area contributed by atoms with Crippen LogP contribution in [0, 0.1) is 5.92 Å². The number of halogens is 1. The van der Waals surface area contributed by atoms with E-state index in [-0.39, 0.29) is 25.1 Å². The second kappa shape index (κ2) is 7.17. The molecule has 0 radical (unpaired) electrons. The van der Waals surface area contributed by atoms with Gasteiger partial charge in [-0.3, -0.25) is 4.79 Å². The first-order chi connectivity index (χ1) is 12.7. The molecule has 4 rings (SSSR count). The predicted octanol–water partition coefficient (Wildman–Crippen LogP) is 3.68. The average Bonchev–Trinajstić information content (AvgIpc) is 3.15. The molecule has 1 aliphatic rings. The van der Waals surface area contributed by atoms with Crippen LogP contribution in [0.15, 0.2) is 52.9 Å². The van der Waals surface area contributed by atoms with Crippen LogP contribution in [-0.4, -0.2) is 22.8 Å². The summed E-state index contributed by atoms with van der Waals surface area (Å²) in [5, 5.41) is 8.50. The predicted molar refractivity (Wildman–Crippen MR) is 93.7 cm³/mol. The summed E-state index contributed by atoms with van der Waals surface area (Å²) in [6.45, 7) is 0.199. The monoisotopic (exact) mass is 370 g/mol. The minimum atomic E-state index is -0.391. The van der Waals surface area contributed by atoms with Crippen LogP contribution in [0.4, 0.5) is 0 Å². The number of benzene rings is 2. The summed E-state index contributed by atoms with van der Waals surface area (Å²) in [4.78, 5) is 12.3. The molecule has 1 aromatic heterocycles. The van der Waals surface area contributed by atoms with Gasteiger partial charge in [-0.15, -0.1) is 10.2 Å². The van der Waals surface area contributed by atoms with Gasteiger partial charge in [0.2, 0.25) is 5.89 Å². The van der Waals surface area contributed by atoms with Gasteiger partial charge < -0.3 is 13.9 Å². The van der Waals surface area contributed by atoms with Gasteiger partial charge in [0.1, 0.15) is 12.4 Å². The molecule has 2 aromatic carbocycles. The van der Waals surface area contributed by atoms with Crippen LogP contribution in [0.2, 0.25) is 5.02 Å². The fourth-order valence-corrected chi connectivity index (χ4v) is 2.97. The van der Waals surface area contributed by atoms with Crippen molar-refractivity contribution in [3.8, 4) is 17.2 Å². The molecule has 0 amide bonds. The van der Waals surface area contributed by atoms with E-state index in [0.29, 0.717) is 17.3 Å². The van der Waals surface area contributed by atoms with Crippen molar-refractivity contribution in [2.45, 2.75) is 13.0 Å². The molecule has 0 N–H and O–H groups in total. The molecule has 0 fully saturated rings. The van der Waals surface area contributed by atoms with Crippen molar-refractivity contribution in [2.75, 3.05) is 6.61 Å². The lowest BCUT2D eigenvalue weighted by molar-refractivity contribution is -0.152. The number of fused-ring (bicyclic) bond motifs is 1. The number of hydrogen-bond donors (Lipinski definition) is 0. The minimum Gasteiger partial charge on any atom is -0.492 e. The molecule has 1 atom stereocenters. The maximum absolute atomic E-state index is 12.3. The lowest BCUT2D eigenvalue weighted by Crippen LogP contribution is -2.29. The average molecular weight is 371 g/mol. The van der Waals surface area contributed by atoms with E-state index in [1.165, 1.54) is 0 Å². The van der Waals surface area contributed by atoms with Gasteiger partial charge in [0.05, 0.1) is 5.92 Å². The molecule has 132 valence electrons. The van der Waals surface area contributed by atoms with Crippen molar-refractivity contribution in [1.82, 2.24) is 10.2 Å². The summed E-state index contributed by atoms with van der Waals surface area (Å²) in [6, 6.07) is 14.8. The molecule has 0 bridgehead atoms. The summed E-state index contributed by atoms with van der Waals surface area (Å²) in [6.07, 6.45) is 0.522. The molecule has 6 nitrogen and oxygen atoms in total. The molecule has 0 aliphatic carbocycles. The van der Waals surface area contributed by atoms with Crippen molar-refractivity contribution in [3.63, 3.8) is 0 Å². The summed E-state index contributed by atoms with van der Waals surface area (Å²) in [5.74, 6) is 0.633. The molecular weight excluding hydrogens is 356 g/mol. The Morgan fingerprint density at radius 3 is 2.88 bits per heavy atom. The first-order valence-corrected chi connectivity index (χ1v) is 8.52. The zero-order valence-corrected chi connectivity index (χ0v) is 14.5. The number of hydrogen-bond acceptors (Lipinski definition) is 6. The molecule has 1 aliphatic heterocycles. The Morgan fingerprint density at radius 2 is 2.04 bits per heavy atom. The quantitative estimate of drug-likeness (QED) is 0.652. The molecule has 7 heteroatoms. The van der Waals surface area contributed by atoms with Crippen molar-refractivity contribution < 1.29 is 18.7 Å². The van der Waals surface area contributed by atoms with E-state index in [0.717, 1.165) is 16.9 Å². The fourth-order valence-electron chi connectivity index (χ4n) is 2.77. The molecule has 0 saturated heterocycles. The van der Waals surface area contributed by atoms with E-state index < -0.39 is 5.92 Å². The van der Waals surface area contributed by atoms with Gasteiger partial charge in [-0.1, -0.05) is 29.8 Å². The van der Waals surface area contributed by atoms with Gasteiger partial charge >= 0.3 is 5.97 Å². The Kier molecular flexibility index (Phi) is 4.58. The minimum absolute atomic E-state index is 0.0719. The Labute approximate surface area is 154 Å². The maximum Gasteiger partial charge on any atom is 0.313 e. The molecule has 0 saturated carbocycles. The van der Waals surface area contributed by atoms with Crippen LogP contribution in [0.3, 0.4) is 0 Å². The standard InChI is InChI=1S/C19H15ClN2O4/c20-15-6-7-16-13(9-15)8-14(10-24-16)19(23)25-11-17-21-22-18(26-17)12-4-2-1-3-5-12/h1-7,9,14H,8,10-11H2/t14-/m1/s1. The lowest BCUT2D eigenvalue weighted by atomic mass is 9.97. The van der Waals surface area contributed by atoms with E-state index >= 15 is 0 Å².